The molecule has 1 fully saturated rings. The van der Waals surface area contributed by atoms with Crippen molar-refractivity contribution in [3.63, 3.8) is 0 Å². The van der Waals surface area contributed by atoms with Crippen LogP contribution in [0.1, 0.15) is 33.1 Å². The molecule has 2 unspecified atom stereocenters. The van der Waals surface area contributed by atoms with Gasteiger partial charge in [-0.2, -0.15) is 0 Å². The van der Waals surface area contributed by atoms with Crippen LogP contribution < -0.4 is 0 Å². The predicted octanol–water partition coefficient (Wildman–Crippen LogP) is 2.43. The van der Waals surface area contributed by atoms with E-state index in [9.17, 15) is 0 Å². The van der Waals surface area contributed by atoms with Crippen molar-refractivity contribution in [1.82, 2.24) is 0 Å². The Morgan fingerprint density at radius 2 is 1.82 bits per heavy atom. The van der Waals surface area contributed by atoms with Crippen LogP contribution >= 0.6 is 0 Å². The van der Waals surface area contributed by atoms with Crippen LogP contribution in [0.25, 0.3) is 0 Å². The molecule has 0 saturated heterocycles. The van der Waals surface area contributed by atoms with Crippen molar-refractivity contribution in [1.29, 1.82) is 5.41 Å². The fourth-order valence-corrected chi connectivity index (χ4v) is 2.00. The molecule has 2 atom stereocenters. The summed E-state index contributed by atoms with van der Waals surface area (Å²) in [5.74, 6) is 1.25. The molecular formula is C9H17NO. The summed E-state index contributed by atoms with van der Waals surface area (Å²) in [7, 11) is 0. The summed E-state index contributed by atoms with van der Waals surface area (Å²) < 4.78 is 5.25. The van der Waals surface area contributed by atoms with E-state index < -0.39 is 0 Å². The van der Waals surface area contributed by atoms with Crippen LogP contribution in [0.5, 0.6) is 0 Å². The summed E-state index contributed by atoms with van der Waals surface area (Å²) in [6.45, 7) is 4.42. The average Bonchev–Trinajstić information content (AvgIpc) is 1.97. The molecule has 11 heavy (non-hydrogen) atoms. The monoisotopic (exact) mass is 155 g/mol. The number of nitrogens with one attached hydrogen (secondary N) is 1. The second-order valence-corrected chi connectivity index (χ2v) is 3.60. The third-order valence-electron chi connectivity index (χ3n) is 2.67. The van der Waals surface area contributed by atoms with Crippen molar-refractivity contribution in [2.24, 2.45) is 11.8 Å². The lowest BCUT2D eigenvalue weighted by atomic mass is 9.81. The first-order valence-corrected chi connectivity index (χ1v) is 4.40. The van der Waals surface area contributed by atoms with Gasteiger partial charge in [0, 0.05) is 0 Å². The summed E-state index contributed by atoms with van der Waals surface area (Å²) in [5, 5.41) is 6.87. The molecule has 2 nitrogen and oxygen atoms in total. The maximum Gasteiger partial charge on any atom is 0.167 e. The Kier molecular flexibility index (Phi) is 2.92. The Hall–Kier alpha value is -0.530. The highest BCUT2D eigenvalue weighted by Crippen LogP contribution is 2.30. The van der Waals surface area contributed by atoms with Crippen molar-refractivity contribution in [2.75, 3.05) is 0 Å². The summed E-state index contributed by atoms with van der Waals surface area (Å²) in [6, 6.07) is 0. The summed E-state index contributed by atoms with van der Waals surface area (Å²) in [5.41, 5.74) is 0. The van der Waals surface area contributed by atoms with E-state index in [1.807, 2.05) is 0 Å². The van der Waals surface area contributed by atoms with Gasteiger partial charge < -0.3 is 4.74 Å². The quantitative estimate of drug-likeness (QED) is 0.482. The van der Waals surface area contributed by atoms with Crippen molar-refractivity contribution in [3.8, 4) is 0 Å². The van der Waals surface area contributed by atoms with E-state index in [0.29, 0.717) is 17.9 Å². The number of ether oxygens (including phenoxy) is 1. The van der Waals surface area contributed by atoms with Crippen molar-refractivity contribution in [2.45, 2.75) is 39.2 Å². The van der Waals surface area contributed by atoms with Crippen LogP contribution in [-0.2, 0) is 4.74 Å². The van der Waals surface area contributed by atoms with E-state index in [-0.39, 0.29) is 0 Å². The Bertz CT molecular complexity index is 126. The van der Waals surface area contributed by atoms with Gasteiger partial charge in [0.05, 0.1) is 0 Å². The van der Waals surface area contributed by atoms with Crippen LogP contribution in [0.3, 0.4) is 0 Å². The molecule has 2 heteroatoms. The van der Waals surface area contributed by atoms with Gasteiger partial charge in [-0.15, -0.1) is 0 Å². The zero-order valence-corrected chi connectivity index (χ0v) is 7.34. The number of rotatable bonds is 2. The second kappa shape index (κ2) is 3.74. The van der Waals surface area contributed by atoms with Gasteiger partial charge in [0.15, 0.2) is 6.40 Å². The standard InChI is InChI=1S/C9H17NO/c1-7-4-3-5-8(2)9(7)11-6-10/h6-10H,3-5H2,1-2H3. The largest absolute Gasteiger partial charge is 0.480 e. The lowest BCUT2D eigenvalue weighted by Crippen LogP contribution is -2.32. The van der Waals surface area contributed by atoms with Gasteiger partial charge in [-0.25, -0.2) is 0 Å². The molecule has 0 aromatic heterocycles. The third-order valence-corrected chi connectivity index (χ3v) is 2.67. The molecule has 0 spiro atoms. The first-order valence-electron chi connectivity index (χ1n) is 4.40. The van der Waals surface area contributed by atoms with E-state index in [4.69, 9.17) is 10.1 Å². The van der Waals surface area contributed by atoms with Gasteiger partial charge in [-0.3, -0.25) is 5.41 Å². The van der Waals surface area contributed by atoms with Crippen molar-refractivity contribution < 1.29 is 4.74 Å². The van der Waals surface area contributed by atoms with Gasteiger partial charge in [0.2, 0.25) is 0 Å². The highest BCUT2D eigenvalue weighted by Gasteiger charge is 2.28. The normalized spacial score (nSPS) is 38.2. The van der Waals surface area contributed by atoms with Gasteiger partial charge >= 0.3 is 0 Å². The lowest BCUT2D eigenvalue weighted by Gasteiger charge is -2.33. The number of hydrogen-bond donors (Lipinski definition) is 1. The molecule has 1 N–H and O–H groups in total. The molecule has 0 aromatic carbocycles. The molecule has 1 aliphatic rings. The second-order valence-electron chi connectivity index (χ2n) is 3.60. The summed E-state index contributed by atoms with van der Waals surface area (Å²) >= 11 is 0. The zero-order valence-electron chi connectivity index (χ0n) is 7.34. The molecule has 0 radical (unpaired) electrons. The van der Waals surface area contributed by atoms with Crippen molar-refractivity contribution in [3.05, 3.63) is 0 Å². The van der Waals surface area contributed by atoms with Crippen LogP contribution in [0.4, 0.5) is 0 Å². The lowest BCUT2D eigenvalue weighted by molar-refractivity contribution is 0.0504. The van der Waals surface area contributed by atoms with Gasteiger partial charge in [-0.05, 0) is 24.7 Å². The molecule has 0 aliphatic heterocycles. The van der Waals surface area contributed by atoms with Gasteiger partial charge in [-0.1, -0.05) is 20.3 Å². The molecule has 0 heterocycles. The first-order chi connectivity index (χ1) is 5.25. The zero-order chi connectivity index (χ0) is 8.27. The van der Waals surface area contributed by atoms with E-state index in [1.54, 1.807) is 0 Å². The minimum Gasteiger partial charge on any atom is -0.480 e. The van der Waals surface area contributed by atoms with Crippen LogP contribution in [0, 0.1) is 17.2 Å². The molecular weight excluding hydrogens is 138 g/mol. The molecule has 0 bridgehead atoms. The molecule has 1 aliphatic carbocycles. The average molecular weight is 155 g/mol. The molecule has 64 valence electrons. The fourth-order valence-electron chi connectivity index (χ4n) is 2.00. The molecule has 1 rings (SSSR count). The Morgan fingerprint density at radius 1 is 1.27 bits per heavy atom. The van der Waals surface area contributed by atoms with Gasteiger partial charge in [0.25, 0.3) is 0 Å². The van der Waals surface area contributed by atoms with E-state index >= 15 is 0 Å². The van der Waals surface area contributed by atoms with Crippen LogP contribution in [-0.4, -0.2) is 12.5 Å². The topological polar surface area (TPSA) is 33.1 Å². The molecule has 0 amide bonds. The third kappa shape index (κ3) is 1.95. The smallest absolute Gasteiger partial charge is 0.167 e. The van der Waals surface area contributed by atoms with Crippen LogP contribution in [0.15, 0.2) is 0 Å². The molecule has 1 saturated carbocycles. The predicted molar refractivity (Wildman–Crippen MR) is 45.8 cm³/mol. The summed E-state index contributed by atoms with van der Waals surface area (Å²) in [4.78, 5) is 0. The Labute approximate surface area is 68.5 Å². The summed E-state index contributed by atoms with van der Waals surface area (Å²) in [6.07, 6.45) is 5.20. The van der Waals surface area contributed by atoms with E-state index in [2.05, 4.69) is 13.8 Å². The Balaban J connectivity index is 2.47. The minimum absolute atomic E-state index is 0.293. The van der Waals surface area contributed by atoms with Crippen molar-refractivity contribution >= 4 is 6.40 Å². The highest BCUT2D eigenvalue weighted by atomic mass is 16.5. The Morgan fingerprint density at radius 3 is 2.27 bits per heavy atom. The minimum atomic E-state index is 0.293. The van der Waals surface area contributed by atoms with E-state index in [0.717, 1.165) is 6.40 Å². The number of hydrogen-bond acceptors (Lipinski definition) is 2. The maximum absolute atomic E-state index is 6.87. The first kappa shape index (κ1) is 8.57. The SMILES string of the molecule is CC1CCCC(C)C1OC=N. The maximum atomic E-state index is 6.87. The molecule has 0 aromatic rings. The highest BCUT2D eigenvalue weighted by molar-refractivity contribution is 5.41. The fraction of sp³-hybridized carbons (Fsp3) is 0.889. The van der Waals surface area contributed by atoms with Gasteiger partial charge in [0.1, 0.15) is 6.10 Å². The van der Waals surface area contributed by atoms with Crippen LogP contribution in [0.2, 0.25) is 0 Å². The van der Waals surface area contributed by atoms with E-state index in [1.165, 1.54) is 19.3 Å².